The highest BCUT2D eigenvalue weighted by Crippen LogP contribution is 2.31. The summed E-state index contributed by atoms with van der Waals surface area (Å²) in [6.07, 6.45) is 4.96. The molecule has 0 radical (unpaired) electrons. The maximum Gasteiger partial charge on any atom is 0.232 e. The second-order valence-corrected chi connectivity index (χ2v) is 9.05. The number of thioether (sulfide) groups is 1. The van der Waals surface area contributed by atoms with E-state index in [4.69, 9.17) is 14.7 Å². The number of ether oxygens (including phenoxy) is 1. The van der Waals surface area contributed by atoms with Gasteiger partial charge in [-0.25, -0.2) is 9.97 Å². The van der Waals surface area contributed by atoms with Gasteiger partial charge in [0.2, 0.25) is 5.91 Å². The van der Waals surface area contributed by atoms with E-state index in [0.29, 0.717) is 5.75 Å². The van der Waals surface area contributed by atoms with Gasteiger partial charge in [-0.2, -0.15) is 0 Å². The normalized spacial score (nSPS) is 23.2. The van der Waals surface area contributed by atoms with Gasteiger partial charge in [0.05, 0.1) is 29.0 Å². The molecule has 29 heavy (non-hydrogen) atoms. The van der Waals surface area contributed by atoms with E-state index in [1.54, 1.807) is 0 Å². The van der Waals surface area contributed by atoms with Crippen LogP contribution in [0.2, 0.25) is 0 Å². The summed E-state index contributed by atoms with van der Waals surface area (Å²) in [6.45, 7) is 7.51. The first-order chi connectivity index (χ1) is 14.1. The Bertz CT molecular complexity index is 844. The smallest absolute Gasteiger partial charge is 0.232 e. The highest BCUT2D eigenvalue weighted by atomic mass is 32.2. The van der Waals surface area contributed by atoms with Crippen LogP contribution in [0.1, 0.15) is 39.5 Å². The molecule has 1 amide bonds. The second-order valence-electron chi connectivity index (χ2n) is 8.09. The van der Waals surface area contributed by atoms with Crippen LogP contribution >= 0.6 is 11.8 Å². The number of rotatable bonds is 4. The highest BCUT2D eigenvalue weighted by molar-refractivity contribution is 8.00. The summed E-state index contributed by atoms with van der Waals surface area (Å²) >= 11 is 1.52. The van der Waals surface area contributed by atoms with Crippen LogP contribution in [0, 0.1) is 0 Å². The topological polar surface area (TPSA) is 58.6 Å². The van der Waals surface area contributed by atoms with Crippen molar-refractivity contribution in [1.29, 1.82) is 0 Å². The molecule has 1 aromatic carbocycles. The zero-order valence-corrected chi connectivity index (χ0v) is 18.2. The first-order valence-corrected chi connectivity index (χ1v) is 11.7. The molecule has 0 N–H and O–H groups in total. The van der Waals surface area contributed by atoms with E-state index in [1.807, 2.05) is 29.2 Å². The van der Waals surface area contributed by atoms with Crippen LogP contribution in [0.4, 0.5) is 5.82 Å². The largest absolute Gasteiger partial charge is 0.372 e. The zero-order valence-electron chi connectivity index (χ0n) is 17.3. The average Bonchev–Trinajstić information content (AvgIpc) is 3.00. The Balaban J connectivity index is 1.57. The Morgan fingerprint density at radius 2 is 1.66 bits per heavy atom. The van der Waals surface area contributed by atoms with E-state index in [-0.39, 0.29) is 18.1 Å². The molecule has 0 spiro atoms. The molecule has 156 valence electrons. The zero-order chi connectivity index (χ0) is 20.2. The number of para-hydroxylation sites is 2. The summed E-state index contributed by atoms with van der Waals surface area (Å²) in [5.41, 5.74) is 1.76. The minimum Gasteiger partial charge on any atom is -0.372 e. The second kappa shape index (κ2) is 9.30. The van der Waals surface area contributed by atoms with E-state index in [0.717, 1.165) is 60.9 Å². The number of hydrogen-bond donors (Lipinski definition) is 0. The minimum absolute atomic E-state index is 0.142. The molecule has 0 saturated carbocycles. The fraction of sp³-hybridized carbons (Fsp3) is 0.591. The fourth-order valence-electron chi connectivity index (χ4n) is 4.17. The number of morpholine rings is 1. The van der Waals surface area contributed by atoms with Crippen molar-refractivity contribution >= 4 is 34.5 Å². The summed E-state index contributed by atoms with van der Waals surface area (Å²) in [5, 5.41) is 0.841. The summed E-state index contributed by atoms with van der Waals surface area (Å²) in [5.74, 6) is 1.50. The van der Waals surface area contributed by atoms with Gasteiger partial charge in [-0.3, -0.25) is 4.79 Å². The van der Waals surface area contributed by atoms with Crippen molar-refractivity contribution in [3.63, 3.8) is 0 Å². The first-order valence-electron chi connectivity index (χ1n) is 10.7. The maximum absolute atomic E-state index is 12.8. The monoisotopic (exact) mass is 414 g/mol. The molecule has 2 aliphatic rings. The molecule has 0 aliphatic carbocycles. The molecule has 6 nitrogen and oxygen atoms in total. The Kier molecular flexibility index (Phi) is 6.55. The van der Waals surface area contributed by atoms with Crippen LogP contribution in [0.3, 0.4) is 0 Å². The lowest BCUT2D eigenvalue weighted by Gasteiger charge is -2.36. The van der Waals surface area contributed by atoms with Crippen molar-refractivity contribution < 1.29 is 9.53 Å². The van der Waals surface area contributed by atoms with Gasteiger partial charge in [0.25, 0.3) is 0 Å². The predicted molar refractivity (Wildman–Crippen MR) is 118 cm³/mol. The van der Waals surface area contributed by atoms with Crippen LogP contribution < -0.4 is 4.90 Å². The molecule has 2 fully saturated rings. The fourth-order valence-corrected chi connectivity index (χ4v) is 5.08. The molecule has 2 atom stereocenters. The number of amides is 1. The van der Waals surface area contributed by atoms with E-state index in [2.05, 4.69) is 18.7 Å². The third kappa shape index (κ3) is 5.01. The number of anilines is 1. The maximum atomic E-state index is 12.8. The molecular formula is C22H30N4O2S. The Morgan fingerprint density at radius 1 is 1.03 bits per heavy atom. The molecule has 2 aliphatic heterocycles. The van der Waals surface area contributed by atoms with E-state index < -0.39 is 0 Å². The minimum atomic E-state index is 0.142. The van der Waals surface area contributed by atoms with E-state index in [1.165, 1.54) is 24.6 Å². The summed E-state index contributed by atoms with van der Waals surface area (Å²) < 4.78 is 5.90. The number of nitrogens with zero attached hydrogens (tertiary/aromatic N) is 4. The van der Waals surface area contributed by atoms with Gasteiger partial charge in [0, 0.05) is 26.2 Å². The van der Waals surface area contributed by atoms with Gasteiger partial charge in [-0.15, -0.1) is 0 Å². The summed E-state index contributed by atoms with van der Waals surface area (Å²) in [7, 11) is 0. The Morgan fingerprint density at radius 3 is 2.31 bits per heavy atom. The van der Waals surface area contributed by atoms with Crippen molar-refractivity contribution in [2.75, 3.05) is 36.8 Å². The number of carbonyl (C=O) groups is 1. The van der Waals surface area contributed by atoms with Crippen LogP contribution in [0.15, 0.2) is 29.3 Å². The lowest BCUT2D eigenvalue weighted by Crippen LogP contribution is -2.46. The van der Waals surface area contributed by atoms with E-state index >= 15 is 0 Å². The van der Waals surface area contributed by atoms with Gasteiger partial charge in [-0.1, -0.05) is 36.7 Å². The standard InChI is InChI=1S/C22H30N4O2S/c1-16-13-26(14-17(2)28-16)21-22(24-19-10-6-5-9-18(19)23-21)29-15-20(27)25-11-7-3-4-8-12-25/h5-6,9-10,16-17H,3-4,7-8,11-15H2,1-2H3/t16-,17+. The molecule has 4 rings (SSSR count). The summed E-state index contributed by atoms with van der Waals surface area (Å²) in [4.78, 5) is 26.9. The van der Waals surface area contributed by atoms with Crippen LogP contribution in [-0.2, 0) is 9.53 Å². The Hall–Kier alpha value is -1.86. The van der Waals surface area contributed by atoms with Crippen molar-refractivity contribution in [2.45, 2.75) is 56.8 Å². The molecule has 0 unspecified atom stereocenters. The van der Waals surface area contributed by atoms with Gasteiger partial charge < -0.3 is 14.5 Å². The number of carbonyl (C=O) groups excluding carboxylic acids is 1. The molecule has 2 aromatic rings. The Labute approximate surface area is 177 Å². The molecule has 1 aromatic heterocycles. The number of aromatic nitrogens is 2. The molecule has 0 bridgehead atoms. The van der Waals surface area contributed by atoms with Crippen LogP contribution in [0.5, 0.6) is 0 Å². The van der Waals surface area contributed by atoms with Crippen molar-refractivity contribution in [3.05, 3.63) is 24.3 Å². The molecular weight excluding hydrogens is 384 g/mol. The number of benzene rings is 1. The van der Waals surface area contributed by atoms with Crippen molar-refractivity contribution in [1.82, 2.24) is 14.9 Å². The van der Waals surface area contributed by atoms with Gasteiger partial charge in [0.1, 0.15) is 5.03 Å². The third-order valence-electron chi connectivity index (χ3n) is 5.53. The van der Waals surface area contributed by atoms with Crippen molar-refractivity contribution in [2.24, 2.45) is 0 Å². The van der Waals surface area contributed by atoms with E-state index in [9.17, 15) is 4.79 Å². The number of fused-ring (bicyclic) bond motifs is 1. The summed E-state index contributed by atoms with van der Waals surface area (Å²) in [6, 6.07) is 7.95. The van der Waals surface area contributed by atoms with Crippen molar-refractivity contribution in [3.8, 4) is 0 Å². The van der Waals surface area contributed by atoms with Crippen LogP contribution in [0.25, 0.3) is 11.0 Å². The quantitative estimate of drug-likeness (QED) is 0.711. The lowest BCUT2D eigenvalue weighted by molar-refractivity contribution is -0.128. The SMILES string of the molecule is C[C@@H]1CN(c2nc3ccccc3nc2SCC(=O)N2CCCCCC2)C[C@H](C)O1. The number of likely N-dealkylation sites (tertiary alicyclic amines) is 1. The predicted octanol–water partition coefficient (Wildman–Crippen LogP) is 3.74. The lowest BCUT2D eigenvalue weighted by atomic mass is 10.2. The highest BCUT2D eigenvalue weighted by Gasteiger charge is 2.27. The number of hydrogen-bond acceptors (Lipinski definition) is 6. The van der Waals surface area contributed by atoms with Gasteiger partial charge in [0.15, 0.2) is 5.82 Å². The molecule has 7 heteroatoms. The van der Waals surface area contributed by atoms with Gasteiger partial charge >= 0.3 is 0 Å². The first kappa shape index (κ1) is 20.4. The van der Waals surface area contributed by atoms with Gasteiger partial charge in [-0.05, 0) is 38.8 Å². The van der Waals surface area contributed by atoms with Crippen LogP contribution in [-0.4, -0.2) is 64.9 Å². The average molecular weight is 415 g/mol. The third-order valence-corrected chi connectivity index (χ3v) is 6.47. The molecule has 2 saturated heterocycles. The molecule has 3 heterocycles.